The predicted molar refractivity (Wildman–Crippen MR) is 74.2 cm³/mol. The molecule has 0 bridgehead atoms. The Morgan fingerprint density at radius 1 is 1.44 bits per heavy atom. The summed E-state index contributed by atoms with van der Waals surface area (Å²) in [6.07, 6.45) is 5.80. The zero-order valence-corrected chi connectivity index (χ0v) is 11.1. The lowest BCUT2D eigenvalue weighted by Gasteiger charge is -2.33. The number of hydrogen-bond acceptors (Lipinski definition) is 2. The molecule has 1 aromatic carbocycles. The molecule has 18 heavy (non-hydrogen) atoms. The molecule has 0 saturated carbocycles. The van der Waals surface area contributed by atoms with E-state index in [-0.39, 0.29) is 0 Å². The first-order chi connectivity index (χ1) is 8.83. The molecule has 3 rings (SSSR count). The molecule has 2 heteroatoms. The van der Waals surface area contributed by atoms with Crippen LogP contribution in [0.4, 0.5) is 0 Å². The lowest BCUT2D eigenvalue weighted by molar-refractivity contribution is 0.249. The molecule has 0 aromatic heterocycles. The average molecular weight is 243 g/mol. The first kappa shape index (κ1) is 11.8. The highest BCUT2D eigenvalue weighted by molar-refractivity contribution is 5.41. The Bertz CT molecular complexity index is 454. The van der Waals surface area contributed by atoms with Crippen molar-refractivity contribution in [1.82, 2.24) is 4.90 Å². The second-order valence-corrected chi connectivity index (χ2v) is 5.35. The van der Waals surface area contributed by atoms with Crippen molar-refractivity contribution >= 4 is 0 Å². The lowest BCUT2D eigenvalue weighted by Crippen LogP contribution is -2.35. The molecule has 0 amide bonds. The SMILES string of the molecule is C=CCN1CC[C@H]2c3cc(OC)ccc3CC[C@H]21. The topological polar surface area (TPSA) is 12.5 Å². The van der Waals surface area contributed by atoms with Gasteiger partial charge in [-0.15, -0.1) is 6.58 Å². The van der Waals surface area contributed by atoms with Crippen molar-refractivity contribution in [1.29, 1.82) is 0 Å². The van der Waals surface area contributed by atoms with Gasteiger partial charge in [0.25, 0.3) is 0 Å². The van der Waals surface area contributed by atoms with E-state index in [2.05, 4.69) is 29.7 Å². The molecule has 1 aromatic rings. The summed E-state index contributed by atoms with van der Waals surface area (Å²) in [6.45, 7) is 6.11. The Kier molecular flexibility index (Phi) is 3.13. The third-order valence-electron chi connectivity index (χ3n) is 4.49. The van der Waals surface area contributed by atoms with Gasteiger partial charge in [-0.1, -0.05) is 12.1 Å². The van der Waals surface area contributed by atoms with E-state index in [4.69, 9.17) is 4.74 Å². The third kappa shape index (κ3) is 1.85. The molecule has 0 N–H and O–H groups in total. The standard InChI is InChI=1S/C16H21NO/c1-3-9-17-10-8-14-15-11-13(18-2)6-4-12(15)5-7-16(14)17/h3-4,6,11,14,16H,1,5,7-10H2,2H3/t14-,16+/m0/s1. The van der Waals surface area contributed by atoms with E-state index in [9.17, 15) is 0 Å². The number of hydrogen-bond donors (Lipinski definition) is 0. The van der Waals surface area contributed by atoms with Crippen molar-refractivity contribution in [2.45, 2.75) is 31.2 Å². The fourth-order valence-corrected chi connectivity index (χ4v) is 3.63. The molecule has 2 atom stereocenters. The number of rotatable bonds is 3. The van der Waals surface area contributed by atoms with Crippen LogP contribution in [0.15, 0.2) is 30.9 Å². The van der Waals surface area contributed by atoms with Crippen molar-refractivity contribution in [2.24, 2.45) is 0 Å². The number of nitrogens with zero attached hydrogens (tertiary/aromatic N) is 1. The van der Waals surface area contributed by atoms with Gasteiger partial charge >= 0.3 is 0 Å². The minimum atomic E-state index is 0.698. The molecular weight excluding hydrogens is 222 g/mol. The molecule has 2 aliphatic rings. The minimum absolute atomic E-state index is 0.698. The van der Waals surface area contributed by atoms with E-state index in [0.717, 1.165) is 12.3 Å². The lowest BCUT2D eigenvalue weighted by atomic mass is 9.79. The van der Waals surface area contributed by atoms with Crippen molar-refractivity contribution < 1.29 is 4.74 Å². The summed E-state index contributed by atoms with van der Waals surface area (Å²) in [5.41, 5.74) is 3.05. The van der Waals surface area contributed by atoms with Gasteiger partial charge in [0.2, 0.25) is 0 Å². The normalized spacial score (nSPS) is 26.5. The van der Waals surface area contributed by atoms with E-state index >= 15 is 0 Å². The maximum atomic E-state index is 5.37. The molecule has 0 radical (unpaired) electrons. The van der Waals surface area contributed by atoms with Crippen molar-refractivity contribution in [3.05, 3.63) is 42.0 Å². The maximum absolute atomic E-state index is 5.37. The van der Waals surface area contributed by atoms with Gasteiger partial charge < -0.3 is 4.74 Å². The molecule has 0 spiro atoms. The van der Waals surface area contributed by atoms with Crippen molar-refractivity contribution in [2.75, 3.05) is 20.2 Å². The zero-order valence-electron chi connectivity index (χ0n) is 11.1. The maximum Gasteiger partial charge on any atom is 0.119 e. The predicted octanol–water partition coefficient (Wildman–Crippen LogP) is 2.99. The molecule has 2 nitrogen and oxygen atoms in total. The molecule has 1 heterocycles. The van der Waals surface area contributed by atoms with E-state index in [1.807, 2.05) is 6.08 Å². The quantitative estimate of drug-likeness (QED) is 0.757. The van der Waals surface area contributed by atoms with Crippen LogP contribution in [0.3, 0.4) is 0 Å². The molecule has 1 fully saturated rings. The van der Waals surface area contributed by atoms with E-state index in [1.165, 1.54) is 36.9 Å². The summed E-state index contributed by atoms with van der Waals surface area (Å²) >= 11 is 0. The summed E-state index contributed by atoms with van der Waals surface area (Å²) in [6, 6.07) is 7.31. The van der Waals surface area contributed by atoms with Crippen LogP contribution in [0.25, 0.3) is 0 Å². The average Bonchev–Trinajstić information content (AvgIpc) is 2.82. The smallest absolute Gasteiger partial charge is 0.119 e. The monoisotopic (exact) mass is 243 g/mol. The van der Waals surface area contributed by atoms with Crippen LogP contribution in [0, 0.1) is 0 Å². The van der Waals surface area contributed by atoms with Gasteiger partial charge in [-0.3, -0.25) is 4.90 Å². The third-order valence-corrected chi connectivity index (χ3v) is 4.49. The molecule has 1 aliphatic carbocycles. The van der Waals surface area contributed by atoms with Crippen LogP contribution < -0.4 is 4.74 Å². The Balaban J connectivity index is 1.91. The minimum Gasteiger partial charge on any atom is -0.497 e. The van der Waals surface area contributed by atoms with Crippen molar-refractivity contribution in [3.63, 3.8) is 0 Å². The first-order valence-corrected chi connectivity index (χ1v) is 6.85. The van der Waals surface area contributed by atoms with Gasteiger partial charge in [-0.25, -0.2) is 0 Å². The van der Waals surface area contributed by atoms with Gasteiger partial charge in [0.15, 0.2) is 0 Å². The van der Waals surface area contributed by atoms with Gasteiger partial charge in [0, 0.05) is 18.5 Å². The number of likely N-dealkylation sites (tertiary alicyclic amines) is 1. The number of benzene rings is 1. The van der Waals surface area contributed by atoms with Gasteiger partial charge in [0.05, 0.1) is 7.11 Å². The number of methoxy groups -OCH3 is 1. The van der Waals surface area contributed by atoms with Gasteiger partial charge in [-0.05, 0) is 49.1 Å². The van der Waals surface area contributed by atoms with E-state index in [0.29, 0.717) is 12.0 Å². The Morgan fingerprint density at radius 3 is 3.11 bits per heavy atom. The summed E-state index contributed by atoms with van der Waals surface area (Å²) in [5, 5.41) is 0. The van der Waals surface area contributed by atoms with Crippen LogP contribution >= 0.6 is 0 Å². The molecule has 0 unspecified atom stereocenters. The summed E-state index contributed by atoms with van der Waals surface area (Å²) in [7, 11) is 1.75. The number of aryl methyl sites for hydroxylation is 1. The fourth-order valence-electron chi connectivity index (χ4n) is 3.63. The highest BCUT2D eigenvalue weighted by Gasteiger charge is 2.37. The van der Waals surface area contributed by atoms with Gasteiger partial charge in [0.1, 0.15) is 5.75 Å². The van der Waals surface area contributed by atoms with Crippen molar-refractivity contribution in [3.8, 4) is 5.75 Å². The van der Waals surface area contributed by atoms with E-state index in [1.54, 1.807) is 7.11 Å². The second-order valence-electron chi connectivity index (χ2n) is 5.35. The summed E-state index contributed by atoms with van der Waals surface area (Å²) in [5.74, 6) is 1.69. The Morgan fingerprint density at radius 2 is 2.33 bits per heavy atom. The van der Waals surface area contributed by atoms with Crippen LogP contribution in [0.1, 0.15) is 29.9 Å². The Labute approximate surface area is 109 Å². The molecule has 1 saturated heterocycles. The number of ether oxygens (including phenoxy) is 1. The zero-order chi connectivity index (χ0) is 12.5. The van der Waals surface area contributed by atoms with Crippen LogP contribution in [-0.4, -0.2) is 31.1 Å². The largest absolute Gasteiger partial charge is 0.497 e. The van der Waals surface area contributed by atoms with Crippen LogP contribution in [0.5, 0.6) is 5.75 Å². The second kappa shape index (κ2) is 4.77. The van der Waals surface area contributed by atoms with E-state index < -0.39 is 0 Å². The van der Waals surface area contributed by atoms with Crippen LogP contribution in [-0.2, 0) is 6.42 Å². The Hall–Kier alpha value is -1.28. The fraction of sp³-hybridized carbons (Fsp3) is 0.500. The molecule has 96 valence electrons. The number of fused-ring (bicyclic) bond motifs is 3. The first-order valence-electron chi connectivity index (χ1n) is 6.85. The highest BCUT2D eigenvalue weighted by Crippen LogP contribution is 2.42. The highest BCUT2D eigenvalue weighted by atomic mass is 16.5. The van der Waals surface area contributed by atoms with Gasteiger partial charge in [-0.2, -0.15) is 0 Å². The summed E-state index contributed by atoms with van der Waals surface area (Å²) < 4.78 is 5.37. The molecule has 1 aliphatic heterocycles. The molecular formula is C16H21NO. The van der Waals surface area contributed by atoms with Crippen LogP contribution in [0.2, 0.25) is 0 Å². The summed E-state index contributed by atoms with van der Waals surface area (Å²) in [4.78, 5) is 2.58.